The predicted molar refractivity (Wildman–Crippen MR) is 115 cm³/mol. The van der Waals surface area contributed by atoms with Gasteiger partial charge >= 0.3 is 0 Å². The van der Waals surface area contributed by atoms with Gasteiger partial charge in [-0.25, -0.2) is 9.97 Å². The molecule has 4 nitrogen and oxygen atoms in total. The van der Waals surface area contributed by atoms with Crippen LogP contribution in [0.15, 0.2) is 36.4 Å². The molecule has 0 saturated carbocycles. The summed E-state index contributed by atoms with van der Waals surface area (Å²) in [6.07, 6.45) is 2.26. The van der Waals surface area contributed by atoms with Crippen LogP contribution in [0.25, 0.3) is 20.4 Å². The minimum Gasteiger partial charge on any atom is -0.494 e. The molecule has 27 heavy (non-hydrogen) atoms. The highest BCUT2D eigenvalue weighted by atomic mass is 32.1. The topological polar surface area (TPSA) is 38.2 Å². The van der Waals surface area contributed by atoms with Gasteiger partial charge in [0.1, 0.15) is 11.3 Å². The Morgan fingerprint density at radius 1 is 1.04 bits per heavy atom. The minimum atomic E-state index is 0.560. The van der Waals surface area contributed by atoms with E-state index in [4.69, 9.17) is 14.7 Å². The lowest BCUT2D eigenvalue weighted by Crippen LogP contribution is -2.32. The molecule has 0 N–H and O–H groups in total. The van der Waals surface area contributed by atoms with E-state index in [2.05, 4.69) is 42.2 Å². The van der Waals surface area contributed by atoms with Crippen LogP contribution in [-0.2, 0) is 0 Å². The van der Waals surface area contributed by atoms with E-state index in [1.165, 1.54) is 20.0 Å². The van der Waals surface area contributed by atoms with Crippen LogP contribution in [0.2, 0.25) is 0 Å². The maximum atomic E-state index is 5.51. The average Bonchev–Trinajstić information content (AvgIpc) is 3.34. The van der Waals surface area contributed by atoms with E-state index in [-0.39, 0.29) is 0 Å². The predicted octanol–water partition coefficient (Wildman–Crippen LogP) is 5.61. The number of methoxy groups -OCH3 is 1. The normalized spacial score (nSPS) is 15.7. The smallest absolute Gasteiger partial charge is 0.186 e. The minimum absolute atomic E-state index is 0.560. The van der Waals surface area contributed by atoms with Crippen molar-refractivity contribution in [3.63, 3.8) is 0 Å². The average molecular weight is 396 g/mol. The van der Waals surface area contributed by atoms with E-state index in [0.29, 0.717) is 5.92 Å². The van der Waals surface area contributed by atoms with Crippen LogP contribution in [-0.4, -0.2) is 30.2 Å². The van der Waals surface area contributed by atoms with E-state index >= 15 is 0 Å². The molecule has 1 fully saturated rings. The molecular weight excluding hydrogens is 374 g/mol. The van der Waals surface area contributed by atoms with Crippen molar-refractivity contribution in [3.8, 4) is 5.75 Å². The Bertz CT molecular complexity index is 1080. The molecule has 3 heterocycles. The van der Waals surface area contributed by atoms with Gasteiger partial charge in [-0.1, -0.05) is 29.5 Å². The number of hydrogen-bond donors (Lipinski definition) is 0. The number of anilines is 1. The van der Waals surface area contributed by atoms with Crippen LogP contribution >= 0.6 is 22.7 Å². The summed E-state index contributed by atoms with van der Waals surface area (Å²) in [6, 6.07) is 12.6. The molecule has 0 spiro atoms. The molecule has 2 aromatic heterocycles. The van der Waals surface area contributed by atoms with Crippen molar-refractivity contribution >= 4 is 48.2 Å². The molecule has 5 rings (SSSR count). The molecule has 0 amide bonds. The summed E-state index contributed by atoms with van der Waals surface area (Å²) in [5.74, 6) is 1.42. The van der Waals surface area contributed by atoms with E-state index in [1.807, 2.05) is 17.4 Å². The standard InChI is InChI=1S/C21H21N3OS2/c1-13-7-8-16(25-2)18-19(13)27-21(23-18)24-11-9-14(10-12-24)20-22-15-5-3-4-6-17(15)26-20/h3-8,14H,9-12H2,1-2H3. The van der Waals surface area contributed by atoms with Gasteiger partial charge in [-0.15, -0.1) is 11.3 Å². The van der Waals surface area contributed by atoms with Gasteiger partial charge in [-0.2, -0.15) is 0 Å². The fourth-order valence-electron chi connectivity index (χ4n) is 3.78. The molecule has 6 heteroatoms. The van der Waals surface area contributed by atoms with Crippen LogP contribution in [0, 0.1) is 6.92 Å². The summed E-state index contributed by atoms with van der Waals surface area (Å²) < 4.78 is 8.03. The van der Waals surface area contributed by atoms with Gasteiger partial charge in [0.15, 0.2) is 5.13 Å². The zero-order chi connectivity index (χ0) is 18.4. The van der Waals surface area contributed by atoms with Crippen molar-refractivity contribution in [1.82, 2.24) is 9.97 Å². The van der Waals surface area contributed by atoms with Crippen molar-refractivity contribution < 1.29 is 4.74 Å². The lowest BCUT2D eigenvalue weighted by atomic mass is 9.98. The second-order valence-corrected chi connectivity index (χ2v) is 9.08. The van der Waals surface area contributed by atoms with Gasteiger partial charge in [0.05, 0.1) is 27.0 Å². The molecule has 0 bridgehead atoms. The number of aromatic nitrogens is 2. The first-order valence-corrected chi connectivity index (χ1v) is 10.9. The number of rotatable bonds is 3. The van der Waals surface area contributed by atoms with Gasteiger partial charge in [0.2, 0.25) is 0 Å². The lowest BCUT2D eigenvalue weighted by molar-refractivity contribution is 0.419. The van der Waals surface area contributed by atoms with Crippen molar-refractivity contribution in [3.05, 3.63) is 47.0 Å². The molecule has 4 aromatic rings. The Labute approximate surface area is 166 Å². The maximum Gasteiger partial charge on any atom is 0.186 e. The summed E-state index contributed by atoms with van der Waals surface area (Å²) in [5, 5.41) is 2.40. The van der Waals surface area contributed by atoms with Crippen molar-refractivity contribution in [1.29, 1.82) is 0 Å². The van der Waals surface area contributed by atoms with Crippen LogP contribution in [0.4, 0.5) is 5.13 Å². The van der Waals surface area contributed by atoms with Crippen molar-refractivity contribution in [2.45, 2.75) is 25.7 Å². The number of nitrogens with zero attached hydrogens (tertiary/aromatic N) is 3. The van der Waals surface area contributed by atoms with Crippen molar-refractivity contribution in [2.24, 2.45) is 0 Å². The largest absolute Gasteiger partial charge is 0.494 e. The second kappa shape index (κ2) is 6.77. The third-order valence-corrected chi connectivity index (χ3v) is 7.79. The van der Waals surface area contributed by atoms with Crippen molar-refractivity contribution in [2.75, 3.05) is 25.1 Å². The maximum absolute atomic E-state index is 5.51. The Balaban J connectivity index is 1.37. The molecule has 1 aliphatic rings. The number of fused-ring (bicyclic) bond motifs is 2. The Morgan fingerprint density at radius 2 is 1.85 bits per heavy atom. The molecule has 1 saturated heterocycles. The van der Waals surface area contributed by atoms with Crippen LogP contribution < -0.4 is 9.64 Å². The molecule has 138 valence electrons. The summed E-state index contributed by atoms with van der Waals surface area (Å²) in [5.41, 5.74) is 3.39. The van der Waals surface area contributed by atoms with Gasteiger partial charge in [-0.05, 0) is 43.5 Å². The zero-order valence-corrected chi connectivity index (χ0v) is 17.1. The van der Waals surface area contributed by atoms with Gasteiger partial charge < -0.3 is 9.64 Å². The molecule has 0 atom stereocenters. The highest BCUT2D eigenvalue weighted by Crippen LogP contribution is 2.39. The molecule has 0 radical (unpaired) electrons. The number of ether oxygens (including phenoxy) is 1. The SMILES string of the molecule is COc1ccc(C)c2sc(N3CCC(c4nc5ccccc5s4)CC3)nc12. The van der Waals surface area contributed by atoms with Gasteiger partial charge in [0.25, 0.3) is 0 Å². The third kappa shape index (κ3) is 2.97. The molecule has 2 aromatic carbocycles. The second-order valence-electron chi connectivity index (χ2n) is 7.04. The van der Waals surface area contributed by atoms with Crippen LogP contribution in [0.5, 0.6) is 5.75 Å². The number of benzene rings is 2. The summed E-state index contributed by atoms with van der Waals surface area (Å²) in [6.45, 7) is 4.20. The Kier molecular flexibility index (Phi) is 4.25. The fourth-order valence-corrected chi connectivity index (χ4v) is 6.02. The summed E-state index contributed by atoms with van der Waals surface area (Å²) in [7, 11) is 1.71. The van der Waals surface area contributed by atoms with Crippen LogP contribution in [0.3, 0.4) is 0 Å². The van der Waals surface area contributed by atoms with E-state index in [0.717, 1.165) is 47.8 Å². The Hall–Kier alpha value is -2.18. The number of thiazole rings is 2. The summed E-state index contributed by atoms with van der Waals surface area (Å²) in [4.78, 5) is 12.2. The molecule has 1 aliphatic heterocycles. The zero-order valence-electron chi connectivity index (χ0n) is 15.4. The molecule has 0 aliphatic carbocycles. The quantitative estimate of drug-likeness (QED) is 0.452. The third-order valence-electron chi connectivity index (χ3n) is 5.34. The molecular formula is C21H21N3OS2. The number of piperidine rings is 1. The van der Waals surface area contributed by atoms with E-state index < -0.39 is 0 Å². The highest BCUT2D eigenvalue weighted by molar-refractivity contribution is 7.22. The Morgan fingerprint density at radius 3 is 2.63 bits per heavy atom. The van der Waals surface area contributed by atoms with Gasteiger partial charge in [0, 0.05) is 19.0 Å². The van der Waals surface area contributed by atoms with Gasteiger partial charge in [-0.3, -0.25) is 0 Å². The molecule has 0 unspecified atom stereocenters. The first-order valence-electron chi connectivity index (χ1n) is 9.27. The fraction of sp³-hybridized carbons (Fsp3) is 0.333. The number of hydrogen-bond acceptors (Lipinski definition) is 6. The first-order chi connectivity index (χ1) is 13.2. The monoisotopic (exact) mass is 395 g/mol. The summed E-state index contributed by atoms with van der Waals surface area (Å²) >= 11 is 3.63. The highest BCUT2D eigenvalue weighted by Gasteiger charge is 2.25. The number of aryl methyl sites for hydroxylation is 1. The van der Waals surface area contributed by atoms with E-state index in [9.17, 15) is 0 Å². The lowest BCUT2D eigenvalue weighted by Gasteiger charge is -2.30. The first kappa shape index (κ1) is 17.0. The van der Waals surface area contributed by atoms with E-state index in [1.54, 1.807) is 18.4 Å². The van der Waals surface area contributed by atoms with Crippen LogP contribution in [0.1, 0.15) is 29.3 Å². The number of para-hydroxylation sites is 1.